The molecule has 0 aliphatic heterocycles. The van der Waals surface area contributed by atoms with Crippen molar-refractivity contribution in [3.8, 4) is 10.6 Å². The van der Waals surface area contributed by atoms with Crippen LogP contribution in [0.5, 0.6) is 0 Å². The highest BCUT2D eigenvalue weighted by atomic mass is 127. The summed E-state index contributed by atoms with van der Waals surface area (Å²) < 4.78 is 1.81. The monoisotopic (exact) mass is 400 g/mol. The molecule has 0 aliphatic rings. The van der Waals surface area contributed by atoms with E-state index < -0.39 is 0 Å². The van der Waals surface area contributed by atoms with E-state index in [0.717, 1.165) is 18.1 Å². The predicted octanol–water partition coefficient (Wildman–Crippen LogP) is 4.23. The van der Waals surface area contributed by atoms with E-state index >= 15 is 0 Å². The zero-order valence-corrected chi connectivity index (χ0v) is 12.0. The van der Waals surface area contributed by atoms with Crippen LogP contribution >= 0.6 is 61.5 Å². The first kappa shape index (κ1) is 10.8. The van der Waals surface area contributed by atoms with Gasteiger partial charge in [-0.1, -0.05) is 29.0 Å². The Hall–Kier alpha value is 0.280. The molecule has 0 bridgehead atoms. The minimum Gasteiger partial charge on any atom is -0.137 e. The van der Waals surface area contributed by atoms with E-state index in [1.165, 1.54) is 0 Å². The van der Waals surface area contributed by atoms with Gasteiger partial charge in [0.1, 0.15) is 5.01 Å². The third kappa shape index (κ3) is 2.26. The Balaban J connectivity index is 2.47. The van der Waals surface area contributed by atoms with E-state index in [9.17, 15) is 0 Å². The molecule has 0 unspecified atom stereocenters. The Morgan fingerprint density at radius 1 is 1.36 bits per heavy atom. The molecule has 6 heteroatoms. The quantitative estimate of drug-likeness (QED) is 0.669. The molecule has 14 heavy (non-hydrogen) atoms. The fourth-order valence-electron chi connectivity index (χ4n) is 0.951. The summed E-state index contributed by atoms with van der Waals surface area (Å²) in [6.07, 6.45) is 0. The minimum absolute atomic E-state index is 0.702. The van der Waals surface area contributed by atoms with Gasteiger partial charge in [-0.3, -0.25) is 0 Å². The Morgan fingerprint density at radius 3 is 2.71 bits per heavy atom. The Labute approximate surface area is 112 Å². The van der Waals surface area contributed by atoms with Crippen molar-refractivity contribution >= 4 is 61.5 Å². The topological polar surface area (TPSA) is 25.8 Å². The SMILES string of the molecule is Clc1ccc(-c2nnc(I)s2)cc1Br. The first-order valence-electron chi connectivity index (χ1n) is 3.61. The van der Waals surface area contributed by atoms with Gasteiger partial charge in [0.05, 0.1) is 5.02 Å². The van der Waals surface area contributed by atoms with Crippen LogP contribution in [0.25, 0.3) is 10.6 Å². The van der Waals surface area contributed by atoms with Crippen LogP contribution in [-0.2, 0) is 0 Å². The van der Waals surface area contributed by atoms with Gasteiger partial charge in [-0.25, -0.2) is 0 Å². The van der Waals surface area contributed by atoms with Crippen LogP contribution in [0, 0.1) is 3.01 Å². The van der Waals surface area contributed by atoms with Gasteiger partial charge in [-0.15, -0.1) is 10.2 Å². The van der Waals surface area contributed by atoms with Gasteiger partial charge in [-0.05, 0) is 50.7 Å². The van der Waals surface area contributed by atoms with Crippen molar-refractivity contribution in [3.63, 3.8) is 0 Å². The maximum atomic E-state index is 5.89. The highest BCUT2D eigenvalue weighted by molar-refractivity contribution is 14.1. The van der Waals surface area contributed by atoms with Crippen molar-refractivity contribution in [1.29, 1.82) is 0 Å². The number of hydrogen-bond acceptors (Lipinski definition) is 3. The standard InChI is InChI=1S/C8H3BrClIN2S/c9-5-3-4(1-2-6(5)10)7-12-13-8(11)14-7/h1-3H. The molecular weight excluding hydrogens is 398 g/mol. The first-order chi connectivity index (χ1) is 6.66. The van der Waals surface area contributed by atoms with Gasteiger partial charge >= 0.3 is 0 Å². The molecular formula is C8H3BrClIN2S. The molecule has 2 aromatic rings. The summed E-state index contributed by atoms with van der Waals surface area (Å²) in [6, 6.07) is 5.72. The second kappa shape index (κ2) is 4.42. The molecule has 0 saturated carbocycles. The van der Waals surface area contributed by atoms with E-state index in [1.54, 1.807) is 11.3 Å². The number of aromatic nitrogens is 2. The highest BCUT2D eigenvalue weighted by Gasteiger charge is 2.06. The number of rotatable bonds is 1. The van der Waals surface area contributed by atoms with Crippen molar-refractivity contribution in [2.24, 2.45) is 0 Å². The number of nitrogens with zero attached hydrogens (tertiary/aromatic N) is 2. The second-order valence-electron chi connectivity index (χ2n) is 2.49. The molecule has 0 radical (unpaired) electrons. The van der Waals surface area contributed by atoms with E-state index in [0.29, 0.717) is 5.02 Å². The van der Waals surface area contributed by atoms with Crippen LogP contribution in [0.3, 0.4) is 0 Å². The van der Waals surface area contributed by atoms with E-state index in [2.05, 4.69) is 48.7 Å². The van der Waals surface area contributed by atoms with E-state index in [-0.39, 0.29) is 0 Å². The zero-order chi connectivity index (χ0) is 10.1. The van der Waals surface area contributed by atoms with E-state index in [4.69, 9.17) is 11.6 Å². The van der Waals surface area contributed by atoms with Crippen LogP contribution < -0.4 is 0 Å². The van der Waals surface area contributed by atoms with Gasteiger partial charge in [0, 0.05) is 10.0 Å². The second-order valence-corrected chi connectivity index (χ2v) is 6.48. The van der Waals surface area contributed by atoms with Crippen molar-refractivity contribution in [1.82, 2.24) is 10.2 Å². The lowest BCUT2D eigenvalue weighted by Gasteiger charge is -1.98. The molecule has 0 saturated heterocycles. The summed E-state index contributed by atoms with van der Waals surface area (Å²) in [6.45, 7) is 0. The highest BCUT2D eigenvalue weighted by Crippen LogP contribution is 2.30. The van der Waals surface area contributed by atoms with Gasteiger partial charge in [0.25, 0.3) is 0 Å². The average molecular weight is 401 g/mol. The molecule has 1 heterocycles. The lowest BCUT2D eigenvalue weighted by Crippen LogP contribution is -1.77. The number of benzene rings is 1. The maximum Gasteiger partial charge on any atom is 0.178 e. The smallest absolute Gasteiger partial charge is 0.137 e. The van der Waals surface area contributed by atoms with Crippen LogP contribution in [-0.4, -0.2) is 10.2 Å². The summed E-state index contributed by atoms with van der Waals surface area (Å²) in [7, 11) is 0. The third-order valence-electron chi connectivity index (χ3n) is 1.57. The van der Waals surface area contributed by atoms with Gasteiger partial charge in [-0.2, -0.15) is 0 Å². The van der Waals surface area contributed by atoms with Gasteiger partial charge in [0.2, 0.25) is 0 Å². The molecule has 2 rings (SSSR count). The van der Waals surface area contributed by atoms with Crippen LogP contribution in [0.2, 0.25) is 5.02 Å². The van der Waals surface area contributed by atoms with Crippen LogP contribution in [0.1, 0.15) is 0 Å². The van der Waals surface area contributed by atoms with Crippen molar-refractivity contribution in [3.05, 3.63) is 30.7 Å². The summed E-state index contributed by atoms with van der Waals surface area (Å²) >= 11 is 13.0. The first-order valence-corrected chi connectivity index (χ1v) is 6.68. The Bertz CT molecular complexity index is 474. The van der Waals surface area contributed by atoms with Crippen LogP contribution in [0.15, 0.2) is 22.7 Å². The molecule has 0 aliphatic carbocycles. The maximum absolute atomic E-state index is 5.89. The fraction of sp³-hybridized carbons (Fsp3) is 0. The molecule has 0 spiro atoms. The molecule has 1 aromatic carbocycles. The molecule has 0 amide bonds. The fourth-order valence-corrected chi connectivity index (χ4v) is 2.75. The zero-order valence-electron chi connectivity index (χ0n) is 6.67. The minimum atomic E-state index is 0.702. The normalized spacial score (nSPS) is 10.5. The van der Waals surface area contributed by atoms with E-state index in [1.807, 2.05) is 18.2 Å². The summed E-state index contributed by atoms with van der Waals surface area (Å²) in [5.74, 6) is 0. The van der Waals surface area contributed by atoms with Gasteiger partial charge in [0.15, 0.2) is 3.01 Å². The van der Waals surface area contributed by atoms with Crippen molar-refractivity contribution in [2.75, 3.05) is 0 Å². The number of hydrogen-bond donors (Lipinski definition) is 0. The predicted molar refractivity (Wildman–Crippen MR) is 70.8 cm³/mol. The summed E-state index contributed by atoms with van der Waals surface area (Å²) in [5.41, 5.74) is 1.03. The van der Waals surface area contributed by atoms with Gasteiger partial charge < -0.3 is 0 Å². The largest absolute Gasteiger partial charge is 0.178 e. The van der Waals surface area contributed by atoms with Crippen molar-refractivity contribution in [2.45, 2.75) is 0 Å². The third-order valence-corrected chi connectivity index (χ3v) is 4.42. The molecule has 0 N–H and O–H groups in total. The molecule has 0 atom stereocenters. The molecule has 72 valence electrons. The average Bonchev–Trinajstić information content (AvgIpc) is 2.57. The van der Waals surface area contributed by atoms with Crippen molar-refractivity contribution < 1.29 is 0 Å². The molecule has 2 nitrogen and oxygen atoms in total. The molecule has 0 fully saturated rings. The lowest BCUT2D eigenvalue weighted by molar-refractivity contribution is 1.07. The Morgan fingerprint density at radius 2 is 2.14 bits per heavy atom. The number of halogens is 3. The molecule has 1 aromatic heterocycles. The van der Waals surface area contributed by atoms with Crippen LogP contribution in [0.4, 0.5) is 0 Å². The lowest BCUT2D eigenvalue weighted by atomic mass is 10.2. The summed E-state index contributed by atoms with van der Waals surface area (Å²) in [4.78, 5) is 0. The summed E-state index contributed by atoms with van der Waals surface area (Å²) in [5, 5.41) is 9.62. The Kier molecular flexibility index (Phi) is 3.41.